The molecule has 2 aliphatic rings. The van der Waals surface area contributed by atoms with Crippen LogP contribution in [0.2, 0.25) is 0 Å². The van der Waals surface area contributed by atoms with Gasteiger partial charge in [0.1, 0.15) is 22.9 Å². The maximum Gasteiger partial charge on any atom is 0.145 e. The lowest BCUT2D eigenvalue weighted by atomic mass is 9.96. The van der Waals surface area contributed by atoms with E-state index in [1.165, 1.54) is 40.7 Å². The molecule has 1 N–H and O–H groups in total. The van der Waals surface area contributed by atoms with Gasteiger partial charge in [-0.15, -0.1) is 11.6 Å². The van der Waals surface area contributed by atoms with Crippen LogP contribution >= 0.6 is 11.6 Å². The summed E-state index contributed by atoms with van der Waals surface area (Å²) in [5.41, 5.74) is 10.7. The number of hydrogen-bond acceptors (Lipinski definition) is 5. The molecule has 2 heterocycles. The molecule has 2 aromatic carbocycles. The van der Waals surface area contributed by atoms with Crippen molar-refractivity contribution in [2.75, 3.05) is 0 Å². The number of halogens is 1. The average Bonchev–Trinajstić information content (AvgIpc) is 3.80. The minimum atomic E-state index is -0.00155. The van der Waals surface area contributed by atoms with Gasteiger partial charge in [-0.25, -0.2) is 0 Å². The standard InChI is InChI=1S/C15H16ClNO.C15H17NO2/c1-9-4-3-5-10(2)13(9)14-12(8-16)15(18-17-14)11-6-7-11;1-9-4-3-5-10(2)13(9)14-12(8-17)15(18-16-14)11-6-7-11/h3-5,11H,6-8H2,1-2H3;3-5,11,17H,6-8H2,1-2H3. The lowest BCUT2D eigenvalue weighted by molar-refractivity contribution is 0.277. The van der Waals surface area contributed by atoms with Crippen LogP contribution in [-0.2, 0) is 12.5 Å². The molecule has 4 aromatic rings. The Kier molecular flexibility index (Phi) is 7.05. The quantitative estimate of drug-likeness (QED) is 0.270. The lowest BCUT2D eigenvalue weighted by Crippen LogP contribution is -1.94. The fourth-order valence-corrected chi connectivity index (χ4v) is 5.29. The first-order valence-corrected chi connectivity index (χ1v) is 13.2. The minimum Gasteiger partial charge on any atom is -0.391 e. The van der Waals surface area contributed by atoms with Gasteiger partial charge in [-0.3, -0.25) is 0 Å². The molecular formula is C30H33ClN2O3. The van der Waals surface area contributed by atoms with E-state index in [0.29, 0.717) is 17.7 Å². The maximum absolute atomic E-state index is 9.61. The fourth-order valence-electron chi connectivity index (χ4n) is 5.03. The maximum atomic E-state index is 9.61. The number of benzene rings is 2. The lowest BCUT2D eigenvalue weighted by Gasteiger charge is -2.07. The van der Waals surface area contributed by atoms with Crippen LogP contribution in [0.5, 0.6) is 0 Å². The third kappa shape index (κ3) is 4.74. The SMILES string of the molecule is Cc1cccc(C)c1-c1noc(C2CC2)c1CCl.Cc1cccc(C)c1-c1noc(C2CC2)c1CO. The normalized spacial score (nSPS) is 15.1. The predicted octanol–water partition coefficient (Wildman–Crippen LogP) is 7.90. The first-order chi connectivity index (χ1) is 17.4. The van der Waals surface area contributed by atoms with Crippen molar-refractivity contribution in [3.63, 3.8) is 0 Å². The summed E-state index contributed by atoms with van der Waals surface area (Å²) in [5.74, 6) is 3.37. The smallest absolute Gasteiger partial charge is 0.145 e. The molecule has 0 saturated heterocycles. The Morgan fingerprint density at radius 3 is 1.47 bits per heavy atom. The van der Waals surface area contributed by atoms with Gasteiger partial charge in [0.25, 0.3) is 0 Å². The number of nitrogens with zero attached hydrogens (tertiary/aromatic N) is 2. The average molecular weight is 505 g/mol. The van der Waals surface area contributed by atoms with Crippen LogP contribution in [0.3, 0.4) is 0 Å². The number of alkyl halides is 1. The van der Waals surface area contributed by atoms with Crippen LogP contribution in [0.4, 0.5) is 0 Å². The molecule has 188 valence electrons. The fraction of sp³-hybridized carbons (Fsp3) is 0.400. The highest BCUT2D eigenvalue weighted by molar-refractivity contribution is 6.17. The molecule has 0 unspecified atom stereocenters. The molecule has 0 atom stereocenters. The highest BCUT2D eigenvalue weighted by Crippen LogP contribution is 2.46. The molecule has 0 amide bonds. The van der Waals surface area contributed by atoms with Gasteiger partial charge in [0, 0.05) is 34.1 Å². The summed E-state index contributed by atoms with van der Waals surface area (Å²) in [5, 5.41) is 18.1. The summed E-state index contributed by atoms with van der Waals surface area (Å²) in [6, 6.07) is 12.4. The van der Waals surface area contributed by atoms with Gasteiger partial charge < -0.3 is 14.2 Å². The summed E-state index contributed by atoms with van der Waals surface area (Å²) < 4.78 is 11.0. The molecule has 0 spiro atoms. The largest absolute Gasteiger partial charge is 0.391 e. The van der Waals surface area contributed by atoms with Gasteiger partial charge in [-0.2, -0.15) is 0 Å². The van der Waals surface area contributed by atoms with E-state index in [4.69, 9.17) is 20.6 Å². The first kappa shape index (κ1) is 24.8. The van der Waals surface area contributed by atoms with Gasteiger partial charge in [0.05, 0.1) is 12.5 Å². The van der Waals surface area contributed by atoms with E-state index < -0.39 is 0 Å². The van der Waals surface area contributed by atoms with Crippen molar-refractivity contribution in [1.82, 2.24) is 10.3 Å². The summed E-state index contributed by atoms with van der Waals surface area (Å²) >= 11 is 6.11. The van der Waals surface area contributed by atoms with Crippen molar-refractivity contribution in [3.8, 4) is 22.5 Å². The number of aromatic nitrogens is 2. The number of aryl methyl sites for hydroxylation is 4. The van der Waals surface area contributed by atoms with Crippen LogP contribution in [0.1, 0.15) is 82.4 Å². The number of rotatable bonds is 6. The second-order valence-corrected chi connectivity index (χ2v) is 10.4. The van der Waals surface area contributed by atoms with Crippen LogP contribution < -0.4 is 0 Å². The first-order valence-electron chi connectivity index (χ1n) is 12.7. The molecule has 2 fully saturated rings. The van der Waals surface area contributed by atoms with Crippen LogP contribution in [0.15, 0.2) is 45.4 Å². The molecule has 5 nitrogen and oxygen atoms in total. The molecule has 0 radical (unpaired) electrons. The number of aliphatic hydroxyl groups excluding tert-OH is 1. The third-order valence-corrected chi connectivity index (χ3v) is 7.53. The Bertz CT molecular complexity index is 1230. The van der Waals surface area contributed by atoms with Crippen molar-refractivity contribution in [2.24, 2.45) is 0 Å². The Balaban J connectivity index is 0.000000148. The van der Waals surface area contributed by atoms with E-state index in [1.807, 2.05) is 6.07 Å². The van der Waals surface area contributed by atoms with Gasteiger partial charge in [-0.05, 0) is 75.6 Å². The molecule has 0 bridgehead atoms. The summed E-state index contributed by atoms with van der Waals surface area (Å²) in [6.07, 6.45) is 4.69. The zero-order valence-electron chi connectivity index (χ0n) is 21.4. The molecule has 6 heteroatoms. The zero-order chi connectivity index (χ0) is 25.4. The van der Waals surface area contributed by atoms with Crippen molar-refractivity contribution in [1.29, 1.82) is 0 Å². The predicted molar refractivity (Wildman–Crippen MR) is 142 cm³/mol. The monoisotopic (exact) mass is 504 g/mol. The number of aliphatic hydroxyl groups is 1. The molecule has 36 heavy (non-hydrogen) atoms. The van der Waals surface area contributed by atoms with Crippen LogP contribution in [0.25, 0.3) is 22.5 Å². The Hall–Kier alpha value is -2.89. The summed E-state index contributed by atoms with van der Waals surface area (Å²) in [6.45, 7) is 8.33. The minimum absolute atomic E-state index is 0.00155. The van der Waals surface area contributed by atoms with Gasteiger partial charge in [-0.1, -0.05) is 46.7 Å². The highest BCUT2D eigenvalue weighted by Gasteiger charge is 2.33. The van der Waals surface area contributed by atoms with Crippen molar-refractivity contribution in [2.45, 2.75) is 77.7 Å². The molecule has 2 aliphatic carbocycles. The topological polar surface area (TPSA) is 72.3 Å². The van der Waals surface area contributed by atoms with E-state index in [-0.39, 0.29) is 6.61 Å². The zero-order valence-corrected chi connectivity index (χ0v) is 22.2. The van der Waals surface area contributed by atoms with Crippen molar-refractivity contribution >= 4 is 11.6 Å². The van der Waals surface area contributed by atoms with E-state index in [2.05, 4.69) is 68.3 Å². The van der Waals surface area contributed by atoms with Crippen molar-refractivity contribution in [3.05, 3.63) is 81.3 Å². The molecule has 2 saturated carbocycles. The van der Waals surface area contributed by atoms with Gasteiger partial charge in [0.15, 0.2) is 0 Å². The highest BCUT2D eigenvalue weighted by atomic mass is 35.5. The summed E-state index contributed by atoms with van der Waals surface area (Å²) in [4.78, 5) is 0. The molecular weight excluding hydrogens is 472 g/mol. The van der Waals surface area contributed by atoms with Crippen LogP contribution in [0, 0.1) is 27.7 Å². The second-order valence-electron chi connectivity index (χ2n) is 10.1. The Morgan fingerprint density at radius 2 is 1.11 bits per heavy atom. The van der Waals surface area contributed by atoms with Crippen LogP contribution in [-0.4, -0.2) is 15.4 Å². The molecule has 6 rings (SSSR count). The second kappa shape index (κ2) is 10.2. The summed E-state index contributed by atoms with van der Waals surface area (Å²) in [7, 11) is 0. The van der Waals surface area contributed by atoms with E-state index in [0.717, 1.165) is 52.4 Å². The number of hydrogen-bond donors (Lipinski definition) is 1. The van der Waals surface area contributed by atoms with Gasteiger partial charge >= 0.3 is 0 Å². The Morgan fingerprint density at radius 1 is 0.722 bits per heavy atom. The molecule has 2 aromatic heterocycles. The van der Waals surface area contributed by atoms with E-state index in [9.17, 15) is 5.11 Å². The van der Waals surface area contributed by atoms with Gasteiger partial charge in [0.2, 0.25) is 0 Å². The van der Waals surface area contributed by atoms with Crippen molar-refractivity contribution < 1.29 is 14.2 Å². The Labute approximate surface area is 217 Å². The van der Waals surface area contributed by atoms with E-state index in [1.54, 1.807) is 0 Å². The molecule has 0 aliphatic heterocycles. The van der Waals surface area contributed by atoms with E-state index >= 15 is 0 Å². The third-order valence-electron chi connectivity index (χ3n) is 7.26.